The van der Waals surface area contributed by atoms with Gasteiger partial charge in [0.1, 0.15) is 5.15 Å². The van der Waals surface area contributed by atoms with Crippen molar-refractivity contribution >= 4 is 21.6 Å². The van der Waals surface area contributed by atoms with Crippen LogP contribution >= 0.6 is 11.6 Å². The summed E-state index contributed by atoms with van der Waals surface area (Å²) in [5.41, 5.74) is 1.21. The van der Waals surface area contributed by atoms with Crippen molar-refractivity contribution in [2.45, 2.75) is 31.4 Å². The highest BCUT2D eigenvalue weighted by Gasteiger charge is 2.54. The van der Waals surface area contributed by atoms with Gasteiger partial charge in [-0.1, -0.05) is 23.8 Å². The van der Waals surface area contributed by atoms with Gasteiger partial charge in [0.05, 0.1) is 36.6 Å². The summed E-state index contributed by atoms with van der Waals surface area (Å²) in [5.74, 6) is 0. The Bertz CT molecular complexity index is 797. The number of fused-ring (bicyclic) bond motifs is 2. The Morgan fingerprint density at radius 2 is 2.17 bits per heavy atom. The predicted octanol–water partition coefficient (Wildman–Crippen LogP) is 1.74. The average Bonchev–Trinajstić information content (AvgIpc) is 2.90. The zero-order valence-electron chi connectivity index (χ0n) is 13.3. The summed E-state index contributed by atoms with van der Waals surface area (Å²) in [6.07, 6.45) is 5.29. The molecule has 130 valence electrons. The molecule has 3 aliphatic rings. The van der Waals surface area contributed by atoms with Crippen LogP contribution in [0.4, 0.5) is 0 Å². The Balaban J connectivity index is 1.61. The largest absolute Gasteiger partial charge is 0.378 e. The Morgan fingerprint density at radius 3 is 2.92 bits per heavy atom. The monoisotopic (exact) mass is 370 g/mol. The molecule has 0 bridgehead atoms. The molecule has 1 aromatic rings. The number of halogens is 1. The van der Waals surface area contributed by atoms with Crippen molar-refractivity contribution in [3.63, 3.8) is 0 Å². The minimum Gasteiger partial charge on any atom is -0.378 e. The number of pyridine rings is 1. The van der Waals surface area contributed by atoms with E-state index in [1.807, 2.05) is 12.2 Å². The fourth-order valence-electron chi connectivity index (χ4n) is 3.63. The van der Waals surface area contributed by atoms with Gasteiger partial charge in [-0.2, -0.15) is 4.31 Å². The quantitative estimate of drug-likeness (QED) is 0.599. The summed E-state index contributed by atoms with van der Waals surface area (Å²) in [5, 5.41) is -0.247. The molecule has 24 heavy (non-hydrogen) atoms. The van der Waals surface area contributed by atoms with Crippen molar-refractivity contribution in [2.24, 2.45) is 5.41 Å². The first kappa shape index (κ1) is 16.5. The summed E-state index contributed by atoms with van der Waals surface area (Å²) in [7, 11) is -3.52. The molecule has 1 saturated heterocycles. The van der Waals surface area contributed by atoms with Gasteiger partial charge >= 0.3 is 0 Å². The third-order valence-corrected chi connectivity index (χ3v) is 7.81. The lowest BCUT2D eigenvalue weighted by atomic mass is 9.71. The van der Waals surface area contributed by atoms with Gasteiger partial charge in [0.25, 0.3) is 0 Å². The molecule has 0 amide bonds. The number of ether oxygens (including phenoxy) is 2. The van der Waals surface area contributed by atoms with Crippen LogP contribution in [0.2, 0.25) is 5.15 Å². The smallest absolute Gasteiger partial charge is 0.218 e. The minimum atomic E-state index is -3.52. The molecule has 0 N–H and O–H groups in total. The number of aromatic nitrogens is 1. The second-order valence-electron chi connectivity index (χ2n) is 6.55. The van der Waals surface area contributed by atoms with E-state index < -0.39 is 20.7 Å². The molecule has 0 radical (unpaired) electrons. The molecule has 1 aliphatic carbocycles. The number of hydrogen-bond acceptors (Lipinski definition) is 5. The van der Waals surface area contributed by atoms with Crippen LogP contribution in [0, 0.1) is 5.41 Å². The van der Waals surface area contributed by atoms with Gasteiger partial charge in [0, 0.05) is 19.3 Å². The minimum absolute atomic E-state index is 0.203. The molecule has 2 aliphatic heterocycles. The first-order valence-electron chi connectivity index (χ1n) is 7.94. The van der Waals surface area contributed by atoms with E-state index in [1.165, 1.54) is 4.31 Å². The average molecular weight is 371 g/mol. The normalized spacial score (nSPS) is 31.0. The van der Waals surface area contributed by atoms with Crippen molar-refractivity contribution in [2.75, 3.05) is 19.8 Å². The number of rotatable bonds is 3. The van der Waals surface area contributed by atoms with Gasteiger partial charge in [-0.25, -0.2) is 13.4 Å². The van der Waals surface area contributed by atoms with E-state index in [-0.39, 0.29) is 6.10 Å². The van der Waals surface area contributed by atoms with Crippen LogP contribution < -0.4 is 0 Å². The predicted molar refractivity (Wildman–Crippen MR) is 89.0 cm³/mol. The zero-order valence-corrected chi connectivity index (χ0v) is 14.9. The maximum atomic E-state index is 13.2. The molecule has 1 unspecified atom stereocenters. The van der Waals surface area contributed by atoms with Gasteiger partial charge in [-0.3, -0.25) is 0 Å². The number of hydrogen-bond donors (Lipinski definition) is 0. The van der Waals surface area contributed by atoms with E-state index in [2.05, 4.69) is 4.98 Å². The van der Waals surface area contributed by atoms with Crippen molar-refractivity contribution in [1.29, 1.82) is 0 Å². The number of sulfonamides is 1. The van der Waals surface area contributed by atoms with E-state index in [0.29, 0.717) is 38.1 Å². The highest BCUT2D eigenvalue weighted by Crippen LogP contribution is 2.45. The lowest BCUT2D eigenvalue weighted by Gasteiger charge is -2.45. The SMILES string of the molecule is C[C@@H]([C@]12C=CC1OCCOC2)S(=O)(=O)N1Cc2cnc(Cl)cc2C1. The van der Waals surface area contributed by atoms with Crippen molar-refractivity contribution < 1.29 is 17.9 Å². The van der Waals surface area contributed by atoms with E-state index in [1.54, 1.807) is 19.2 Å². The Kier molecular flexibility index (Phi) is 3.97. The van der Waals surface area contributed by atoms with Crippen LogP contribution in [0.3, 0.4) is 0 Å². The molecular weight excluding hydrogens is 352 g/mol. The van der Waals surface area contributed by atoms with Crippen LogP contribution in [-0.4, -0.2) is 48.9 Å². The first-order valence-corrected chi connectivity index (χ1v) is 9.82. The van der Waals surface area contributed by atoms with Crippen LogP contribution in [0.25, 0.3) is 0 Å². The van der Waals surface area contributed by atoms with Crippen molar-refractivity contribution in [3.8, 4) is 0 Å². The summed E-state index contributed by atoms with van der Waals surface area (Å²) in [6, 6.07) is 1.74. The standard InChI is InChI=1S/C16H19ClN2O4S/c1-11(16-3-2-14(16)23-5-4-22-10-16)24(20,21)19-8-12-6-15(17)18-7-13(12)9-19/h2-3,6-7,11,14H,4-5,8-10H2,1H3/t11-,14?,16+/m0/s1. The highest BCUT2D eigenvalue weighted by atomic mass is 35.5. The van der Waals surface area contributed by atoms with E-state index in [4.69, 9.17) is 21.1 Å². The fourth-order valence-corrected chi connectivity index (χ4v) is 5.73. The topological polar surface area (TPSA) is 68.7 Å². The molecular formula is C16H19ClN2O4S. The van der Waals surface area contributed by atoms with Crippen molar-refractivity contribution in [1.82, 2.24) is 9.29 Å². The van der Waals surface area contributed by atoms with Crippen LogP contribution in [-0.2, 0) is 32.6 Å². The molecule has 3 atom stereocenters. The first-order chi connectivity index (χ1) is 11.4. The molecule has 1 aromatic heterocycles. The van der Waals surface area contributed by atoms with Gasteiger partial charge < -0.3 is 9.47 Å². The van der Waals surface area contributed by atoms with Crippen LogP contribution in [0.5, 0.6) is 0 Å². The second kappa shape index (κ2) is 5.78. The van der Waals surface area contributed by atoms with E-state index >= 15 is 0 Å². The molecule has 0 saturated carbocycles. The second-order valence-corrected chi connectivity index (χ2v) is 9.19. The highest BCUT2D eigenvalue weighted by molar-refractivity contribution is 7.89. The fraction of sp³-hybridized carbons (Fsp3) is 0.562. The third kappa shape index (κ3) is 2.42. The summed E-state index contributed by atoms with van der Waals surface area (Å²) in [4.78, 5) is 4.04. The Hall–Kier alpha value is -0.990. The van der Waals surface area contributed by atoms with Gasteiger partial charge in [-0.05, 0) is 24.1 Å². The van der Waals surface area contributed by atoms with Gasteiger partial charge in [-0.15, -0.1) is 0 Å². The Morgan fingerprint density at radius 1 is 1.38 bits per heavy atom. The van der Waals surface area contributed by atoms with Crippen LogP contribution in [0.1, 0.15) is 18.1 Å². The van der Waals surface area contributed by atoms with Gasteiger partial charge in [0.15, 0.2) is 0 Å². The molecule has 0 spiro atoms. The molecule has 1 fully saturated rings. The lowest BCUT2D eigenvalue weighted by Crippen LogP contribution is -2.55. The van der Waals surface area contributed by atoms with Crippen LogP contribution in [0.15, 0.2) is 24.4 Å². The zero-order chi connectivity index (χ0) is 16.9. The molecule has 6 nitrogen and oxygen atoms in total. The summed E-state index contributed by atoms with van der Waals surface area (Å²) < 4.78 is 39.3. The maximum absolute atomic E-state index is 13.2. The molecule has 8 heteroatoms. The van der Waals surface area contributed by atoms with E-state index in [0.717, 1.165) is 11.1 Å². The molecule has 4 rings (SSSR count). The maximum Gasteiger partial charge on any atom is 0.218 e. The molecule has 3 heterocycles. The van der Waals surface area contributed by atoms with Crippen molar-refractivity contribution in [3.05, 3.63) is 40.7 Å². The lowest BCUT2D eigenvalue weighted by molar-refractivity contribution is 0.0101. The van der Waals surface area contributed by atoms with Gasteiger partial charge in [0.2, 0.25) is 10.0 Å². The van der Waals surface area contributed by atoms with E-state index in [9.17, 15) is 8.42 Å². The summed E-state index contributed by atoms with van der Waals surface area (Å²) >= 11 is 5.92. The Labute approximate surface area is 146 Å². The summed E-state index contributed by atoms with van der Waals surface area (Å²) in [6.45, 7) is 3.75. The third-order valence-electron chi connectivity index (χ3n) is 5.29. The number of nitrogens with zero attached hydrogens (tertiary/aromatic N) is 2. The molecule has 0 aromatic carbocycles.